The van der Waals surface area contributed by atoms with Gasteiger partial charge in [0.15, 0.2) is 0 Å². The van der Waals surface area contributed by atoms with Crippen LogP contribution in [0.4, 0.5) is 0 Å². The molecule has 0 fully saturated rings. The van der Waals surface area contributed by atoms with E-state index >= 15 is 0 Å². The lowest BCUT2D eigenvalue weighted by Crippen LogP contribution is -2.25. The minimum absolute atomic E-state index is 0.129. The van der Waals surface area contributed by atoms with Crippen LogP contribution in [0.1, 0.15) is 33.1 Å². The van der Waals surface area contributed by atoms with Gasteiger partial charge in [-0.1, -0.05) is 0 Å². The molecule has 0 aliphatic carbocycles. The molecule has 0 aliphatic rings. The molecule has 0 bridgehead atoms. The Morgan fingerprint density at radius 3 is 2.42 bits per heavy atom. The van der Waals surface area contributed by atoms with E-state index in [2.05, 4.69) is 0 Å². The Kier molecular flexibility index (Phi) is 5.46. The van der Waals surface area contributed by atoms with Crippen LogP contribution >= 0.6 is 0 Å². The van der Waals surface area contributed by atoms with Gasteiger partial charge < -0.3 is 15.6 Å². The summed E-state index contributed by atoms with van der Waals surface area (Å²) < 4.78 is 5.22. The summed E-state index contributed by atoms with van der Waals surface area (Å²) in [5, 5.41) is 9.37. The van der Waals surface area contributed by atoms with E-state index in [1.807, 2.05) is 13.8 Å². The molecule has 74 valence electrons. The molecule has 12 heavy (non-hydrogen) atoms. The second-order valence-corrected chi connectivity index (χ2v) is 3.73. The fourth-order valence-corrected chi connectivity index (χ4v) is 0.953. The zero-order chi connectivity index (χ0) is 9.61. The molecule has 0 aromatic rings. The van der Waals surface area contributed by atoms with Crippen molar-refractivity contribution in [3.8, 4) is 0 Å². The maximum absolute atomic E-state index is 9.37. The molecular formula is C9H21NO2. The Morgan fingerprint density at radius 1 is 1.42 bits per heavy atom. The van der Waals surface area contributed by atoms with Crippen molar-refractivity contribution in [3.05, 3.63) is 0 Å². The highest BCUT2D eigenvalue weighted by Gasteiger charge is 2.17. The van der Waals surface area contributed by atoms with E-state index in [9.17, 15) is 5.11 Å². The minimum Gasteiger partial charge on any atom is -0.393 e. The van der Waals surface area contributed by atoms with E-state index < -0.39 is 0 Å². The average Bonchev–Trinajstić information content (AvgIpc) is 2.02. The number of ether oxygens (including phenoxy) is 1. The van der Waals surface area contributed by atoms with Gasteiger partial charge in [0.2, 0.25) is 0 Å². The fourth-order valence-electron chi connectivity index (χ4n) is 0.953. The predicted molar refractivity (Wildman–Crippen MR) is 50.0 cm³/mol. The smallest absolute Gasteiger partial charge is 0.0623 e. The van der Waals surface area contributed by atoms with Gasteiger partial charge in [-0.15, -0.1) is 0 Å². The van der Waals surface area contributed by atoms with Crippen molar-refractivity contribution in [1.82, 2.24) is 0 Å². The van der Waals surface area contributed by atoms with Crippen LogP contribution in [0.5, 0.6) is 0 Å². The van der Waals surface area contributed by atoms with E-state index in [-0.39, 0.29) is 11.7 Å². The van der Waals surface area contributed by atoms with Gasteiger partial charge >= 0.3 is 0 Å². The van der Waals surface area contributed by atoms with Gasteiger partial charge in [0.05, 0.1) is 11.7 Å². The van der Waals surface area contributed by atoms with Gasteiger partial charge in [-0.3, -0.25) is 0 Å². The first-order valence-electron chi connectivity index (χ1n) is 4.45. The van der Waals surface area contributed by atoms with Crippen LogP contribution in [-0.2, 0) is 4.74 Å². The molecule has 0 aromatic carbocycles. The van der Waals surface area contributed by atoms with E-state index in [0.29, 0.717) is 13.0 Å². The summed E-state index contributed by atoms with van der Waals surface area (Å²) in [7, 11) is 1.69. The Bertz CT molecular complexity index is 115. The van der Waals surface area contributed by atoms with Crippen molar-refractivity contribution in [2.45, 2.75) is 44.8 Å². The van der Waals surface area contributed by atoms with Crippen molar-refractivity contribution in [2.24, 2.45) is 5.73 Å². The molecule has 0 saturated carbocycles. The molecular weight excluding hydrogens is 154 g/mol. The zero-order valence-corrected chi connectivity index (χ0v) is 8.34. The molecule has 0 amide bonds. The van der Waals surface area contributed by atoms with Crippen molar-refractivity contribution in [2.75, 3.05) is 13.7 Å². The van der Waals surface area contributed by atoms with Crippen LogP contribution in [0.25, 0.3) is 0 Å². The summed E-state index contributed by atoms with van der Waals surface area (Å²) in [6, 6.07) is 0. The number of hydrogen-bond acceptors (Lipinski definition) is 3. The van der Waals surface area contributed by atoms with Crippen LogP contribution in [0, 0.1) is 0 Å². The van der Waals surface area contributed by atoms with Crippen molar-refractivity contribution < 1.29 is 9.84 Å². The second-order valence-electron chi connectivity index (χ2n) is 3.73. The summed E-state index contributed by atoms with van der Waals surface area (Å²) >= 11 is 0. The molecule has 0 aliphatic heterocycles. The average molecular weight is 175 g/mol. The highest BCUT2D eigenvalue weighted by atomic mass is 16.5. The molecule has 0 aromatic heterocycles. The van der Waals surface area contributed by atoms with Crippen LogP contribution in [-0.4, -0.2) is 30.5 Å². The zero-order valence-electron chi connectivity index (χ0n) is 8.34. The standard InChI is InChI=1S/C9H21NO2/c1-9(2,12-3)6-4-8(11)5-7-10/h8,11H,4-7,10H2,1-3H3. The van der Waals surface area contributed by atoms with Crippen LogP contribution in [0.3, 0.4) is 0 Å². The molecule has 0 saturated heterocycles. The molecule has 1 atom stereocenters. The first kappa shape index (κ1) is 11.9. The van der Waals surface area contributed by atoms with E-state index in [4.69, 9.17) is 10.5 Å². The lowest BCUT2D eigenvalue weighted by Gasteiger charge is -2.23. The van der Waals surface area contributed by atoms with E-state index in [1.165, 1.54) is 0 Å². The van der Waals surface area contributed by atoms with Crippen molar-refractivity contribution in [3.63, 3.8) is 0 Å². The van der Waals surface area contributed by atoms with E-state index in [0.717, 1.165) is 12.8 Å². The second kappa shape index (κ2) is 5.51. The molecule has 3 heteroatoms. The molecule has 0 spiro atoms. The number of aliphatic hydroxyl groups is 1. The van der Waals surface area contributed by atoms with E-state index in [1.54, 1.807) is 7.11 Å². The summed E-state index contributed by atoms with van der Waals surface area (Å²) in [4.78, 5) is 0. The lowest BCUT2D eigenvalue weighted by molar-refractivity contribution is 0.00250. The van der Waals surface area contributed by atoms with Gasteiger partial charge in [0, 0.05) is 7.11 Å². The number of aliphatic hydroxyl groups excluding tert-OH is 1. The molecule has 3 N–H and O–H groups in total. The molecule has 0 radical (unpaired) electrons. The summed E-state index contributed by atoms with van der Waals surface area (Å²) in [6.07, 6.45) is 2.03. The number of hydrogen-bond donors (Lipinski definition) is 2. The predicted octanol–water partition coefficient (Wildman–Crippen LogP) is 0.901. The Hall–Kier alpha value is -0.120. The normalized spacial score (nSPS) is 14.8. The van der Waals surface area contributed by atoms with Crippen LogP contribution in [0.15, 0.2) is 0 Å². The van der Waals surface area contributed by atoms with Gasteiger partial charge in [0.1, 0.15) is 0 Å². The third-order valence-corrected chi connectivity index (χ3v) is 2.13. The van der Waals surface area contributed by atoms with Crippen molar-refractivity contribution >= 4 is 0 Å². The van der Waals surface area contributed by atoms with Crippen molar-refractivity contribution in [1.29, 1.82) is 0 Å². The Morgan fingerprint density at radius 2 is 2.00 bits per heavy atom. The molecule has 0 heterocycles. The van der Waals surface area contributed by atoms with Gasteiger partial charge in [-0.25, -0.2) is 0 Å². The largest absolute Gasteiger partial charge is 0.393 e. The van der Waals surface area contributed by atoms with Crippen LogP contribution in [0.2, 0.25) is 0 Å². The third kappa shape index (κ3) is 5.52. The Balaban J connectivity index is 3.52. The SMILES string of the molecule is COC(C)(C)CCC(O)CCN. The van der Waals surface area contributed by atoms with Gasteiger partial charge in [-0.05, 0) is 39.7 Å². The fraction of sp³-hybridized carbons (Fsp3) is 1.00. The maximum Gasteiger partial charge on any atom is 0.0623 e. The van der Waals surface area contributed by atoms with Gasteiger partial charge in [-0.2, -0.15) is 0 Å². The first-order valence-corrected chi connectivity index (χ1v) is 4.45. The maximum atomic E-state index is 9.37. The number of methoxy groups -OCH3 is 1. The van der Waals surface area contributed by atoms with Gasteiger partial charge in [0.25, 0.3) is 0 Å². The quantitative estimate of drug-likeness (QED) is 0.630. The highest BCUT2D eigenvalue weighted by Crippen LogP contribution is 2.17. The Labute approximate surface area is 74.9 Å². The molecule has 0 rings (SSSR count). The number of rotatable bonds is 6. The number of nitrogens with two attached hydrogens (primary N) is 1. The minimum atomic E-state index is -0.274. The molecule has 3 nitrogen and oxygen atoms in total. The summed E-state index contributed by atoms with van der Waals surface area (Å²) in [5.41, 5.74) is 5.18. The third-order valence-electron chi connectivity index (χ3n) is 2.13. The monoisotopic (exact) mass is 175 g/mol. The first-order chi connectivity index (χ1) is 5.52. The lowest BCUT2D eigenvalue weighted by atomic mass is 9.99. The van der Waals surface area contributed by atoms with Crippen LogP contribution < -0.4 is 5.73 Å². The molecule has 1 unspecified atom stereocenters. The highest BCUT2D eigenvalue weighted by molar-refractivity contribution is 4.70. The summed E-state index contributed by atoms with van der Waals surface area (Å²) in [5.74, 6) is 0. The summed E-state index contributed by atoms with van der Waals surface area (Å²) in [6.45, 7) is 4.58. The topological polar surface area (TPSA) is 55.5 Å².